The number of phenols is 1. The maximum absolute atomic E-state index is 13.1. The minimum absolute atomic E-state index is 0.00631. The molecule has 146 valence electrons. The molecule has 0 atom stereocenters. The molecular formula is C21H14BrNO5S. The number of aromatic hydroxyl groups is 1. The van der Waals surface area contributed by atoms with E-state index >= 15 is 0 Å². The van der Waals surface area contributed by atoms with Gasteiger partial charge in [0, 0.05) is 15.6 Å². The molecule has 1 aliphatic rings. The molecule has 0 heterocycles. The third-order valence-electron chi connectivity index (χ3n) is 4.70. The zero-order valence-electron chi connectivity index (χ0n) is 15.1. The fourth-order valence-electron chi connectivity index (χ4n) is 3.25. The standard InChI is InChI=1S/C21H14BrNO5S/c1-11-6-8-12(9-7-11)29(27,28)23-19-15(22)10-16(24)17-18(19)21(26)14-5-3-2-4-13(14)20(17)25/h2-10,23-24H,1H3. The Morgan fingerprint density at radius 2 is 1.45 bits per heavy atom. The van der Waals surface area contributed by atoms with Gasteiger partial charge in [0.25, 0.3) is 10.0 Å². The van der Waals surface area contributed by atoms with Gasteiger partial charge in [-0.1, -0.05) is 42.0 Å². The van der Waals surface area contributed by atoms with Gasteiger partial charge in [0.2, 0.25) is 0 Å². The van der Waals surface area contributed by atoms with Crippen LogP contribution in [-0.4, -0.2) is 25.1 Å². The summed E-state index contributed by atoms with van der Waals surface area (Å²) in [6.07, 6.45) is 0. The van der Waals surface area contributed by atoms with E-state index in [9.17, 15) is 23.1 Å². The van der Waals surface area contributed by atoms with Gasteiger partial charge in [-0.25, -0.2) is 8.42 Å². The van der Waals surface area contributed by atoms with Crippen molar-refractivity contribution >= 4 is 43.2 Å². The summed E-state index contributed by atoms with van der Waals surface area (Å²) in [4.78, 5) is 26.0. The van der Waals surface area contributed by atoms with Crippen LogP contribution in [0.25, 0.3) is 0 Å². The van der Waals surface area contributed by atoms with Gasteiger partial charge >= 0.3 is 0 Å². The molecule has 0 bridgehead atoms. The van der Waals surface area contributed by atoms with Crippen LogP contribution in [0.15, 0.2) is 64.0 Å². The fourth-order valence-corrected chi connectivity index (χ4v) is 4.99. The highest BCUT2D eigenvalue weighted by Gasteiger charge is 2.36. The van der Waals surface area contributed by atoms with E-state index in [0.717, 1.165) is 5.56 Å². The smallest absolute Gasteiger partial charge is 0.261 e. The molecule has 0 saturated carbocycles. The van der Waals surface area contributed by atoms with Crippen LogP contribution in [0, 0.1) is 6.92 Å². The molecule has 0 amide bonds. The van der Waals surface area contributed by atoms with Crippen molar-refractivity contribution < 1.29 is 23.1 Å². The number of carbonyl (C=O) groups is 2. The lowest BCUT2D eigenvalue weighted by molar-refractivity contribution is 0.0977. The average molecular weight is 472 g/mol. The molecule has 3 aromatic rings. The second kappa shape index (κ2) is 6.82. The Kier molecular flexibility index (Phi) is 4.55. The number of sulfonamides is 1. The van der Waals surface area contributed by atoms with Gasteiger partial charge in [0.15, 0.2) is 11.6 Å². The van der Waals surface area contributed by atoms with E-state index in [0.29, 0.717) is 0 Å². The molecule has 0 aliphatic heterocycles. The minimum atomic E-state index is -4.04. The topological polar surface area (TPSA) is 101 Å². The lowest BCUT2D eigenvalue weighted by Crippen LogP contribution is -2.24. The second-order valence-corrected chi connectivity index (χ2v) is 9.16. The number of nitrogens with one attached hydrogen (secondary N) is 1. The summed E-state index contributed by atoms with van der Waals surface area (Å²) in [6.45, 7) is 1.83. The molecule has 0 radical (unpaired) electrons. The Balaban J connectivity index is 1.91. The first-order chi connectivity index (χ1) is 13.7. The van der Waals surface area contributed by atoms with Crippen LogP contribution in [0.2, 0.25) is 0 Å². The molecule has 0 saturated heterocycles. The van der Waals surface area contributed by atoms with Crippen molar-refractivity contribution in [2.45, 2.75) is 11.8 Å². The molecule has 29 heavy (non-hydrogen) atoms. The summed E-state index contributed by atoms with van der Waals surface area (Å²) in [6, 6.07) is 13.6. The van der Waals surface area contributed by atoms with Crippen LogP contribution in [-0.2, 0) is 10.0 Å². The third-order valence-corrected chi connectivity index (χ3v) is 6.69. The predicted octanol–water partition coefficient (Wildman–Crippen LogP) is 4.04. The molecule has 3 aromatic carbocycles. The number of ketones is 2. The Hall–Kier alpha value is -2.97. The van der Waals surface area contributed by atoms with Crippen LogP contribution in [0.5, 0.6) is 5.75 Å². The summed E-state index contributed by atoms with van der Waals surface area (Å²) in [7, 11) is -4.04. The Bertz CT molecular complexity index is 1300. The largest absolute Gasteiger partial charge is 0.507 e. The van der Waals surface area contributed by atoms with Gasteiger partial charge in [-0.05, 0) is 41.1 Å². The van der Waals surface area contributed by atoms with Crippen molar-refractivity contribution in [1.29, 1.82) is 0 Å². The molecule has 0 fully saturated rings. The number of aryl methyl sites for hydroxylation is 1. The van der Waals surface area contributed by atoms with Crippen LogP contribution in [0.4, 0.5) is 5.69 Å². The summed E-state index contributed by atoms with van der Waals surface area (Å²) in [5, 5.41) is 10.3. The highest BCUT2D eigenvalue weighted by atomic mass is 79.9. The molecule has 6 nitrogen and oxygen atoms in total. The van der Waals surface area contributed by atoms with E-state index in [1.165, 1.54) is 30.3 Å². The summed E-state index contributed by atoms with van der Waals surface area (Å²) in [5.41, 5.74) is 0.707. The number of fused-ring (bicyclic) bond motifs is 2. The van der Waals surface area contributed by atoms with Crippen molar-refractivity contribution in [2.75, 3.05) is 4.72 Å². The molecular weight excluding hydrogens is 458 g/mol. The first-order valence-corrected chi connectivity index (χ1v) is 10.8. The zero-order valence-corrected chi connectivity index (χ0v) is 17.5. The van der Waals surface area contributed by atoms with Crippen molar-refractivity contribution in [2.24, 2.45) is 0 Å². The highest BCUT2D eigenvalue weighted by molar-refractivity contribution is 9.10. The molecule has 4 rings (SSSR count). The van der Waals surface area contributed by atoms with Crippen LogP contribution >= 0.6 is 15.9 Å². The molecule has 2 N–H and O–H groups in total. The normalized spacial score (nSPS) is 13.0. The maximum atomic E-state index is 13.1. The first-order valence-electron chi connectivity index (χ1n) is 8.54. The predicted molar refractivity (Wildman–Crippen MR) is 111 cm³/mol. The number of benzene rings is 3. The summed E-state index contributed by atoms with van der Waals surface area (Å²) < 4.78 is 28.3. The van der Waals surface area contributed by atoms with E-state index in [1.807, 2.05) is 6.92 Å². The second-order valence-electron chi connectivity index (χ2n) is 6.62. The van der Waals surface area contributed by atoms with E-state index in [-0.39, 0.29) is 37.3 Å². The monoisotopic (exact) mass is 471 g/mol. The SMILES string of the molecule is Cc1ccc(S(=O)(=O)Nc2c(Br)cc(O)c3c2C(=O)c2ccccc2C3=O)cc1. The molecule has 0 spiro atoms. The van der Waals surface area contributed by atoms with Gasteiger partial charge < -0.3 is 5.11 Å². The lowest BCUT2D eigenvalue weighted by atomic mass is 9.83. The maximum Gasteiger partial charge on any atom is 0.261 e. The Morgan fingerprint density at radius 3 is 2.03 bits per heavy atom. The Morgan fingerprint density at radius 1 is 0.897 bits per heavy atom. The van der Waals surface area contributed by atoms with Gasteiger partial charge in [-0.2, -0.15) is 0 Å². The van der Waals surface area contributed by atoms with Gasteiger partial charge in [-0.15, -0.1) is 0 Å². The molecule has 8 heteroatoms. The fraction of sp³-hybridized carbons (Fsp3) is 0.0476. The van der Waals surface area contributed by atoms with Crippen molar-refractivity contribution in [3.8, 4) is 5.75 Å². The van der Waals surface area contributed by atoms with Crippen molar-refractivity contribution in [1.82, 2.24) is 0 Å². The van der Waals surface area contributed by atoms with Crippen LogP contribution in [0.3, 0.4) is 0 Å². The number of phenolic OH excluding ortho intramolecular Hbond substituents is 1. The van der Waals surface area contributed by atoms with Gasteiger partial charge in [-0.3, -0.25) is 14.3 Å². The summed E-state index contributed by atoms with van der Waals surface area (Å²) >= 11 is 3.20. The first kappa shape index (κ1) is 19.4. The number of hydrogen-bond donors (Lipinski definition) is 2. The third kappa shape index (κ3) is 3.14. The van der Waals surface area contributed by atoms with E-state index < -0.39 is 27.3 Å². The lowest BCUT2D eigenvalue weighted by Gasteiger charge is -2.22. The van der Waals surface area contributed by atoms with E-state index in [2.05, 4.69) is 20.7 Å². The zero-order chi connectivity index (χ0) is 20.9. The average Bonchev–Trinajstić information content (AvgIpc) is 2.68. The number of carbonyl (C=O) groups excluding carboxylic acids is 2. The number of halogens is 1. The summed E-state index contributed by atoms with van der Waals surface area (Å²) in [5.74, 6) is -1.50. The highest BCUT2D eigenvalue weighted by Crippen LogP contribution is 2.42. The number of rotatable bonds is 3. The van der Waals surface area contributed by atoms with Crippen LogP contribution < -0.4 is 4.72 Å². The quantitative estimate of drug-likeness (QED) is 0.439. The molecule has 0 aromatic heterocycles. The van der Waals surface area contributed by atoms with E-state index in [4.69, 9.17) is 0 Å². The van der Waals surface area contributed by atoms with Crippen molar-refractivity contribution in [3.05, 3.63) is 86.9 Å². The minimum Gasteiger partial charge on any atom is -0.507 e. The number of anilines is 1. The van der Waals surface area contributed by atoms with Crippen molar-refractivity contribution in [3.63, 3.8) is 0 Å². The van der Waals surface area contributed by atoms with Gasteiger partial charge in [0.1, 0.15) is 5.75 Å². The van der Waals surface area contributed by atoms with Crippen LogP contribution in [0.1, 0.15) is 37.4 Å². The molecule has 1 aliphatic carbocycles. The van der Waals surface area contributed by atoms with E-state index in [1.54, 1.807) is 24.3 Å². The Labute approximate surface area is 175 Å². The number of hydrogen-bond acceptors (Lipinski definition) is 5. The molecule has 0 unspecified atom stereocenters. The van der Waals surface area contributed by atoms with Gasteiger partial charge in [0.05, 0.1) is 21.7 Å².